The molecule has 0 aromatic carbocycles. The summed E-state index contributed by atoms with van der Waals surface area (Å²) in [5, 5.41) is 0. The van der Waals surface area contributed by atoms with Gasteiger partial charge in [0.25, 0.3) is 0 Å². The predicted octanol–water partition coefficient (Wildman–Crippen LogP) is 5.02. The van der Waals surface area contributed by atoms with E-state index in [1.54, 1.807) is 6.20 Å². The van der Waals surface area contributed by atoms with Crippen LogP contribution < -0.4 is 0 Å². The van der Waals surface area contributed by atoms with Gasteiger partial charge in [0.05, 0.1) is 4.47 Å². The van der Waals surface area contributed by atoms with Gasteiger partial charge in [-0.05, 0) is 44.0 Å². The van der Waals surface area contributed by atoms with Crippen LogP contribution in [-0.2, 0) is 5.41 Å². The minimum atomic E-state index is -0.0561. The Kier molecular flexibility index (Phi) is 4.23. The van der Waals surface area contributed by atoms with E-state index in [1.165, 1.54) is 0 Å². The van der Waals surface area contributed by atoms with E-state index in [-0.39, 0.29) is 5.41 Å². The minimum Gasteiger partial charge on any atom is -0.340 e. The summed E-state index contributed by atoms with van der Waals surface area (Å²) in [6.45, 7) is 6.37. The van der Waals surface area contributed by atoms with Crippen molar-refractivity contribution in [3.63, 3.8) is 0 Å². The summed E-state index contributed by atoms with van der Waals surface area (Å²) in [4.78, 5) is 12.0. The summed E-state index contributed by atoms with van der Waals surface area (Å²) >= 11 is 12.2. The monoisotopic (exact) mass is 401 g/mol. The van der Waals surface area contributed by atoms with Crippen LogP contribution in [0.5, 0.6) is 0 Å². The number of nitrogens with zero attached hydrogens (tertiary/aromatic N) is 2. The highest BCUT2D eigenvalue weighted by Gasteiger charge is 2.20. The normalized spacial score (nSPS) is 11.6. The maximum Gasteiger partial charge on any atom is 0.157 e. The van der Waals surface area contributed by atoms with Crippen molar-refractivity contribution in [2.45, 2.75) is 26.2 Å². The Morgan fingerprint density at radius 2 is 1.89 bits per heavy atom. The smallest absolute Gasteiger partial charge is 0.157 e. The topological polar surface area (TPSA) is 41.6 Å². The minimum absolute atomic E-state index is 0.0561. The first-order chi connectivity index (χ1) is 8.79. The molecule has 0 aliphatic heterocycles. The summed E-state index contributed by atoms with van der Waals surface area (Å²) in [6, 6.07) is 3.83. The molecule has 2 aromatic heterocycles. The van der Waals surface area contributed by atoms with Crippen molar-refractivity contribution in [3.05, 3.63) is 37.6 Å². The van der Waals surface area contributed by atoms with Crippen LogP contribution in [0.3, 0.4) is 0 Å². The number of pyridine rings is 1. The van der Waals surface area contributed by atoms with E-state index in [9.17, 15) is 0 Å². The summed E-state index contributed by atoms with van der Waals surface area (Å²) in [5.41, 5.74) is 1.74. The molecule has 1 N–H and O–H groups in total. The van der Waals surface area contributed by atoms with Gasteiger partial charge < -0.3 is 4.98 Å². The lowest BCUT2D eigenvalue weighted by Gasteiger charge is -2.21. The van der Waals surface area contributed by atoms with Crippen molar-refractivity contribution >= 4 is 44.1 Å². The molecular weight excluding hydrogens is 390 g/mol. The first-order valence-electron chi connectivity index (χ1n) is 5.71. The van der Waals surface area contributed by atoms with Crippen LogP contribution in [0.15, 0.2) is 27.3 Å². The zero-order valence-electron chi connectivity index (χ0n) is 10.8. The molecule has 6 heteroatoms. The van der Waals surface area contributed by atoms with Crippen LogP contribution in [0.1, 0.15) is 26.5 Å². The number of halogens is 2. The highest BCUT2D eigenvalue weighted by molar-refractivity contribution is 9.10. The van der Waals surface area contributed by atoms with Crippen LogP contribution in [-0.4, -0.2) is 15.0 Å². The van der Waals surface area contributed by atoms with Gasteiger partial charge in [-0.3, -0.25) is 4.98 Å². The molecule has 19 heavy (non-hydrogen) atoms. The second-order valence-electron chi connectivity index (χ2n) is 5.19. The van der Waals surface area contributed by atoms with E-state index in [1.807, 2.05) is 12.1 Å². The molecule has 0 fully saturated rings. The van der Waals surface area contributed by atoms with Gasteiger partial charge in [0.15, 0.2) is 5.82 Å². The van der Waals surface area contributed by atoms with E-state index in [0.29, 0.717) is 10.5 Å². The third kappa shape index (κ3) is 3.30. The van der Waals surface area contributed by atoms with E-state index in [4.69, 9.17) is 12.2 Å². The van der Waals surface area contributed by atoms with Crippen molar-refractivity contribution in [1.29, 1.82) is 0 Å². The van der Waals surface area contributed by atoms with E-state index >= 15 is 0 Å². The Balaban J connectivity index is 2.63. The van der Waals surface area contributed by atoms with Gasteiger partial charge in [-0.15, -0.1) is 0 Å². The third-order valence-electron chi connectivity index (χ3n) is 2.58. The van der Waals surface area contributed by atoms with Gasteiger partial charge in [-0.1, -0.05) is 33.0 Å². The number of aromatic amines is 1. The number of hydrogen-bond acceptors (Lipinski definition) is 3. The fourth-order valence-electron chi connectivity index (χ4n) is 1.61. The molecule has 0 aliphatic carbocycles. The first-order valence-corrected chi connectivity index (χ1v) is 7.70. The molecule has 2 rings (SSSR count). The van der Waals surface area contributed by atoms with Crippen molar-refractivity contribution in [3.8, 4) is 11.5 Å². The Labute approximate surface area is 134 Å². The van der Waals surface area contributed by atoms with E-state index < -0.39 is 0 Å². The lowest BCUT2D eigenvalue weighted by atomic mass is 9.92. The summed E-state index contributed by atoms with van der Waals surface area (Å²) < 4.78 is 2.32. The van der Waals surface area contributed by atoms with Gasteiger partial charge in [0.2, 0.25) is 0 Å². The fourth-order valence-corrected chi connectivity index (χ4v) is 2.82. The molecule has 0 amide bonds. The molecule has 100 valence electrons. The first kappa shape index (κ1) is 14.8. The molecular formula is C13H13Br2N3S. The molecule has 3 nitrogen and oxygen atoms in total. The van der Waals surface area contributed by atoms with Crippen LogP contribution in [0, 0.1) is 4.64 Å². The number of aromatic nitrogens is 3. The Morgan fingerprint density at radius 1 is 1.21 bits per heavy atom. The van der Waals surface area contributed by atoms with Gasteiger partial charge in [0, 0.05) is 21.8 Å². The summed E-state index contributed by atoms with van der Waals surface area (Å²) in [6.07, 6.45) is 1.74. The quantitative estimate of drug-likeness (QED) is 0.680. The predicted molar refractivity (Wildman–Crippen MR) is 86.8 cm³/mol. The molecule has 2 aromatic rings. The number of rotatable bonds is 1. The van der Waals surface area contributed by atoms with Crippen molar-refractivity contribution < 1.29 is 0 Å². The second-order valence-corrected chi connectivity index (χ2v) is 7.29. The molecule has 0 bridgehead atoms. The van der Waals surface area contributed by atoms with Crippen molar-refractivity contribution in [2.24, 2.45) is 0 Å². The van der Waals surface area contributed by atoms with Crippen molar-refractivity contribution in [1.82, 2.24) is 15.0 Å². The maximum absolute atomic E-state index is 5.31. The number of nitrogens with one attached hydrogen (secondary N) is 1. The lowest BCUT2D eigenvalue weighted by molar-refractivity contribution is 0.563. The molecule has 0 spiro atoms. The van der Waals surface area contributed by atoms with Gasteiger partial charge >= 0.3 is 0 Å². The highest BCUT2D eigenvalue weighted by atomic mass is 79.9. The van der Waals surface area contributed by atoms with Gasteiger partial charge in [0.1, 0.15) is 10.3 Å². The average molecular weight is 403 g/mol. The number of H-pyrrole nitrogens is 1. The van der Waals surface area contributed by atoms with Gasteiger partial charge in [-0.25, -0.2) is 4.98 Å². The fraction of sp³-hybridized carbons (Fsp3) is 0.308. The van der Waals surface area contributed by atoms with Crippen LogP contribution >= 0.6 is 44.1 Å². The molecule has 0 saturated heterocycles. The lowest BCUT2D eigenvalue weighted by Crippen LogP contribution is -2.16. The molecule has 0 saturated carbocycles. The molecule has 2 heterocycles. The maximum atomic E-state index is 5.31. The third-order valence-corrected chi connectivity index (χ3v) is 4.38. The average Bonchev–Trinajstić information content (AvgIpc) is 2.32. The van der Waals surface area contributed by atoms with Crippen LogP contribution in [0.4, 0.5) is 0 Å². The summed E-state index contributed by atoms with van der Waals surface area (Å²) in [7, 11) is 0. The van der Waals surface area contributed by atoms with E-state index in [0.717, 1.165) is 20.3 Å². The SMILES string of the molecule is CC(C)(C)c1[nH]c(-c2ccc(Br)cn2)nc(=S)c1Br. The van der Waals surface area contributed by atoms with Crippen molar-refractivity contribution in [2.75, 3.05) is 0 Å². The molecule has 0 radical (unpaired) electrons. The summed E-state index contributed by atoms with van der Waals surface area (Å²) in [5.74, 6) is 0.686. The Morgan fingerprint density at radius 3 is 2.42 bits per heavy atom. The van der Waals surface area contributed by atoms with Crippen LogP contribution in [0.25, 0.3) is 11.5 Å². The molecule has 0 aliphatic rings. The van der Waals surface area contributed by atoms with Crippen LogP contribution in [0.2, 0.25) is 0 Å². The largest absolute Gasteiger partial charge is 0.340 e. The second kappa shape index (κ2) is 5.42. The Bertz CT molecular complexity index is 657. The van der Waals surface area contributed by atoms with E-state index in [2.05, 4.69) is 67.6 Å². The number of hydrogen-bond donors (Lipinski definition) is 1. The zero-order valence-corrected chi connectivity index (χ0v) is 14.8. The standard InChI is InChI=1S/C13H13Br2N3S/c1-13(2,3)10-9(15)12(19)18-11(17-10)8-5-4-7(14)6-16-8/h4-6H,1-3H3,(H,17,18,19). The highest BCUT2D eigenvalue weighted by Crippen LogP contribution is 2.30. The Hall–Kier alpha value is -0.590. The van der Waals surface area contributed by atoms with Gasteiger partial charge in [-0.2, -0.15) is 0 Å². The zero-order chi connectivity index (χ0) is 14.2. The molecule has 0 unspecified atom stereocenters. The molecule has 0 atom stereocenters.